The Hall–Kier alpha value is -4.44. The Morgan fingerprint density at radius 1 is 1.09 bits per heavy atom. The first-order valence-corrected chi connectivity index (χ1v) is 11.7. The van der Waals surface area contributed by atoms with E-state index in [0.717, 1.165) is 22.0 Å². The molecule has 0 atom stereocenters. The van der Waals surface area contributed by atoms with Gasteiger partial charge in [-0.15, -0.1) is 11.8 Å². The first-order valence-electron chi connectivity index (χ1n) is 10.7. The second-order valence-corrected chi connectivity index (χ2v) is 8.87. The van der Waals surface area contributed by atoms with Crippen molar-refractivity contribution in [2.24, 2.45) is 0 Å². The molecule has 5 aromatic rings. The maximum Gasteiger partial charge on any atom is 0.269 e. The molecule has 174 valence electrons. The van der Waals surface area contributed by atoms with Crippen LogP contribution in [0, 0.1) is 17.0 Å². The molecule has 0 fully saturated rings. The molecule has 3 aromatic heterocycles. The van der Waals surface area contributed by atoms with Gasteiger partial charge in [0.05, 0.1) is 22.0 Å². The molecule has 0 bridgehead atoms. The summed E-state index contributed by atoms with van der Waals surface area (Å²) in [6, 6.07) is 21.0. The molecule has 0 spiro atoms. The van der Waals surface area contributed by atoms with E-state index < -0.39 is 4.92 Å². The number of hydrogen-bond acceptors (Lipinski definition) is 6. The number of amides is 1. The Kier molecular flexibility index (Phi) is 6.02. The number of imidazole rings is 1. The average Bonchev–Trinajstić information content (AvgIpc) is 3.45. The van der Waals surface area contributed by atoms with Crippen molar-refractivity contribution in [3.8, 4) is 5.69 Å². The third kappa shape index (κ3) is 4.92. The summed E-state index contributed by atoms with van der Waals surface area (Å²) in [4.78, 5) is 29.0. The van der Waals surface area contributed by atoms with E-state index in [1.807, 2.05) is 54.0 Å². The quantitative estimate of drug-likeness (QED) is 0.191. The van der Waals surface area contributed by atoms with E-state index in [0.29, 0.717) is 22.8 Å². The average molecular weight is 485 g/mol. The molecule has 9 nitrogen and oxygen atoms in total. The fourth-order valence-electron chi connectivity index (χ4n) is 3.61. The standard InChI is InChI=1S/C25H20N6O3S/c1-17-14-24(30(28-17)20-7-9-21(10-8-20)31(33)34)27-25(32)18-5-11-22(12-6-18)35-16-19-15-29-13-3-2-4-23(29)26-19/h2-15H,16H2,1H3,(H,27,32). The third-order valence-corrected chi connectivity index (χ3v) is 6.34. The molecule has 1 amide bonds. The van der Waals surface area contributed by atoms with Gasteiger partial charge in [0, 0.05) is 46.8 Å². The first-order chi connectivity index (χ1) is 17.0. The number of rotatable bonds is 7. The summed E-state index contributed by atoms with van der Waals surface area (Å²) in [7, 11) is 0. The van der Waals surface area contributed by atoms with E-state index in [1.165, 1.54) is 12.1 Å². The Balaban J connectivity index is 1.26. The van der Waals surface area contributed by atoms with Gasteiger partial charge in [0.15, 0.2) is 0 Å². The molecule has 0 aliphatic heterocycles. The zero-order valence-electron chi connectivity index (χ0n) is 18.7. The van der Waals surface area contributed by atoms with Crippen molar-refractivity contribution >= 4 is 34.8 Å². The van der Waals surface area contributed by atoms with Crippen LogP contribution in [-0.2, 0) is 5.75 Å². The number of carbonyl (C=O) groups is 1. The molecule has 0 aliphatic rings. The van der Waals surface area contributed by atoms with Crippen molar-refractivity contribution in [3.63, 3.8) is 0 Å². The normalized spacial score (nSPS) is 11.0. The number of nitrogens with zero attached hydrogens (tertiary/aromatic N) is 5. The molecule has 3 heterocycles. The number of anilines is 1. The minimum absolute atomic E-state index is 0.0117. The zero-order valence-corrected chi connectivity index (χ0v) is 19.5. The number of benzene rings is 2. The van der Waals surface area contributed by atoms with Crippen LogP contribution in [0.15, 0.2) is 90.1 Å². The summed E-state index contributed by atoms with van der Waals surface area (Å²) in [5.74, 6) is 0.928. The minimum Gasteiger partial charge on any atom is -0.307 e. The van der Waals surface area contributed by atoms with E-state index in [4.69, 9.17) is 0 Å². The lowest BCUT2D eigenvalue weighted by Gasteiger charge is -2.09. The molecule has 10 heteroatoms. The minimum atomic E-state index is -0.458. The second-order valence-electron chi connectivity index (χ2n) is 7.82. The van der Waals surface area contributed by atoms with Crippen molar-refractivity contribution in [1.82, 2.24) is 19.2 Å². The second kappa shape index (κ2) is 9.43. The fourth-order valence-corrected chi connectivity index (χ4v) is 4.39. The molecule has 0 aliphatic carbocycles. The van der Waals surface area contributed by atoms with Crippen molar-refractivity contribution in [1.29, 1.82) is 0 Å². The lowest BCUT2D eigenvalue weighted by Crippen LogP contribution is -2.15. The highest BCUT2D eigenvalue weighted by molar-refractivity contribution is 7.98. The van der Waals surface area contributed by atoms with Crippen LogP contribution in [0.1, 0.15) is 21.7 Å². The number of pyridine rings is 1. The number of non-ortho nitro benzene ring substituents is 1. The highest BCUT2D eigenvalue weighted by atomic mass is 32.2. The largest absolute Gasteiger partial charge is 0.307 e. The summed E-state index contributed by atoms with van der Waals surface area (Å²) in [5, 5.41) is 18.2. The lowest BCUT2D eigenvalue weighted by molar-refractivity contribution is -0.384. The molecule has 0 radical (unpaired) electrons. The molecule has 1 N–H and O–H groups in total. The van der Waals surface area contributed by atoms with Gasteiger partial charge in [0.25, 0.3) is 11.6 Å². The third-order valence-electron chi connectivity index (χ3n) is 5.30. The van der Waals surface area contributed by atoms with Gasteiger partial charge in [-0.1, -0.05) is 6.07 Å². The van der Waals surface area contributed by atoms with Gasteiger partial charge in [-0.25, -0.2) is 9.67 Å². The van der Waals surface area contributed by atoms with Gasteiger partial charge in [0.1, 0.15) is 11.5 Å². The summed E-state index contributed by atoms with van der Waals surface area (Å²) in [5.41, 5.74) is 3.71. The number of fused-ring (bicyclic) bond motifs is 1. The van der Waals surface area contributed by atoms with Gasteiger partial charge in [-0.05, 0) is 55.5 Å². The summed E-state index contributed by atoms with van der Waals surface area (Å²) in [6.45, 7) is 1.81. The van der Waals surface area contributed by atoms with E-state index in [2.05, 4.69) is 15.4 Å². The Bertz CT molecular complexity index is 1490. The number of carbonyl (C=O) groups excluding carboxylic acids is 1. The molecule has 0 saturated carbocycles. The number of thioether (sulfide) groups is 1. The molecular formula is C25H20N6O3S. The van der Waals surface area contributed by atoms with Crippen molar-refractivity contribution in [2.45, 2.75) is 17.6 Å². The van der Waals surface area contributed by atoms with E-state index in [-0.39, 0.29) is 11.6 Å². The summed E-state index contributed by atoms with van der Waals surface area (Å²) < 4.78 is 3.54. The Morgan fingerprint density at radius 2 is 1.86 bits per heavy atom. The van der Waals surface area contributed by atoms with Crippen LogP contribution in [0.4, 0.5) is 11.5 Å². The maximum atomic E-state index is 12.9. The lowest BCUT2D eigenvalue weighted by atomic mass is 10.2. The molecular weight excluding hydrogens is 464 g/mol. The van der Waals surface area contributed by atoms with Gasteiger partial charge in [-0.2, -0.15) is 5.10 Å². The van der Waals surface area contributed by atoms with Crippen LogP contribution in [0.25, 0.3) is 11.3 Å². The maximum absolute atomic E-state index is 12.9. The number of nitro benzene ring substituents is 1. The van der Waals surface area contributed by atoms with Crippen LogP contribution in [-0.4, -0.2) is 30.0 Å². The van der Waals surface area contributed by atoms with E-state index >= 15 is 0 Å². The summed E-state index contributed by atoms with van der Waals surface area (Å²) >= 11 is 1.65. The van der Waals surface area contributed by atoms with Crippen LogP contribution in [0.5, 0.6) is 0 Å². The predicted octanol–water partition coefficient (Wildman–Crippen LogP) is 5.28. The number of nitro groups is 1. The Morgan fingerprint density at radius 3 is 2.57 bits per heavy atom. The van der Waals surface area contributed by atoms with Crippen LogP contribution >= 0.6 is 11.8 Å². The molecule has 2 aromatic carbocycles. The van der Waals surface area contributed by atoms with Crippen molar-refractivity contribution < 1.29 is 9.72 Å². The van der Waals surface area contributed by atoms with Crippen LogP contribution in [0.3, 0.4) is 0 Å². The topological polar surface area (TPSA) is 107 Å². The smallest absolute Gasteiger partial charge is 0.269 e. The van der Waals surface area contributed by atoms with Gasteiger partial charge < -0.3 is 9.72 Å². The van der Waals surface area contributed by atoms with Gasteiger partial charge in [0.2, 0.25) is 0 Å². The van der Waals surface area contributed by atoms with E-state index in [9.17, 15) is 14.9 Å². The van der Waals surface area contributed by atoms with Crippen LogP contribution in [0.2, 0.25) is 0 Å². The monoisotopic (exact) mass is 484 g/mol. The van der Waals surface area contributed by atoms with Crippen LogP contribution < -0.4 is 5.32 Å². The predicted molar refractivity (Wildman–Crippen MR) is 134 cm³/mol. The zero-order chi connectivity index (χ0) is 24.4. The van der Waals surface area contributed by atoms with Gasteiger partial charge in [-0.3, -0.25) is 14.9 Å². The Labute approximate surface area is 204 Å². The number of nitrogens with one attached hydrogen (secondary N) is 1. The van der Waals surface area contributed by atoms with Crippen molar-refractivity contribution in [2.75, 3.05) is 5.32 Å². The molecule has 0 saturated heterocycles. The van der Waals surface area contributed by atoms with Crippen molar-refractivity contribution in [3.05, 3.63) is 112 Å². The fraction of sp³-hybridized carbons (Fsp3) is 0.0800. The van der Waals surface area contributed by atoms with Gasteiger partial charge >= 0.3 is 0 Å². The number of hydrogen-bond donors (Lipinski definition) is 1. The molecule has 35 heavy (non-hydrogen) atoms. The molecule has 0 unspecified atom stereocenters. The first kappa shape index (κ1) is 22.4. The number of aryl methyl sites for hydroxylation is 1. The molecule has 5 rings (SSSR count). The highest BCUT2D eigenvalue weighted by Crippen LogP contribution is 2.24. The number of aromatic nitrogens is 4. The SMILES string of the molecule is Cc1cc(NC(=O)c2ccc(SCc3cn4ccccc4n3)cc2)n(-c2ccc([N+](=O)[O-])cc2)n1. The van der Waals surface area contributed by atoms with E-state index in [1.54, 1.807) is 46.8 Å². The summed E-state index contributed by atoms with van der Waals surface area (Å²) in [6.07, 6.45) is 3.99. The highest BCUT2D eigenvalue weighted by Gasteiger charge is 2.14.